The number of benzene rings is 2. The Bertz CT molecular complexity index is 1250. The Morgan fingerprint density at radius 2 is 1.83 bits per heavy atom. The topological polar surface area (TPSA) is 98.2 Å². The fourth-order valence-corrected chi connectivity index (χ4v) is 3.73. The van der Waals surface area contributed by atoms with Crippen molar-refractivity contribution in [1.29, 1.82) is 0 Å². The van der Waals surface area contributed by atoms with Crippen LogP contribution in [0.2, 0.25) is 0 Å². The van der Waals surface area contributed by atoms with E-state index < -0.39 is 11.5 Å². The van der Waals surface area contributed by atoms with Crippen LogP contribution >= 0.6 is 11.8 Å². The van der Waals surface area contributed by atoms with Gasteiger partial charge >= 0.3 is 11.6 Å². The Balaban J connectivity index is 1.45. The fraction of sp³-hybridized carbons (Fsp3) is 0.182. The van der Waals surface area contributed by atoms with Crippen LogP contribution in [-0.2, 0) is 6.42 Å². The number of para-hydroxylation sites is 1. The van der Waals surface area contributed by atoms with Crippen molar-refractivity contribution < 1.29 is 13.6 Å². The smallest absolute Gasteiger partial charge is 0.349 e. The zero-order valence-electron chi connectivity index (χ0n) is 16.4. The first-order chi connectivity index (χ1) is 14.5. The van der Waals surface area contributed by atoms with Gasteiger partial charge in [-0.1, -0.05) is 49.3 Å². The van der Waals surface area contributed by atoms with Crippen molar-refractivity contribution in [1.82, 2.24) is 10.2 Å². The van der Waals surface area contributed by atoms with Crippen LogP contribution in [0.15, 0.2) is 73.1 Å². The van der Waals surface area contributed by atoms with Crippen molar-refractivity contribution in [2.75, 3.05) is 5.32 Å². The number of aromatic nitrogens is 2. The van der Waals surface area contributed by atoms with Crippen molar-refractivity contribution in [3.8, 4) is 0 Å². The van der Waals surface area contributed by atoms with Gasteiger partial charge in [0.1, 0.15) is 11.1 Å². The van der Waals surface area contributed by atoms with E-state index >= 15 is 0 Å². The third-order valence-electron chi connectivity index (χ3n) is 4.22. The van der Waals surface area contributed by atoms with E-state index in [1.165, 1.54) is 11.0 Å². The maximum Gasteiger partial charge on any atom is 0.349 e. The van der Waals surface area contributed by atoms with Gasteiger partial charge in [-0.05, 0) is 29.8 Å². The van der Waals surface area contributed by atoms with E-state index in [-0.39, 0.29) is 11.6 Å². The van der Waals surface area contributed by atoms with Crippen molar-refractivity contribution in [3.05, 3.63) is 82.0 Å². The summed E-state index contributed by atoms with van der Waals surface area (Å²) in [7, 11) is 0. The first-order valence-corrected chi connectivity index (χ1v) is 10.3. The molecule has 0 fully saturated rings. The monoisotopic (exact) mass is 421 g/mol. The van der Waals surface area contributed by atoms with Gasteiger partial charge in [-0.15, -0.1) is 16.9 Å². The van der Waals surface area contributed by atoms with Crippen molar-refractivity contribution in [2.45, 2.75) is 30.4 Å². The van der Waals surface area contributed by atoms with Gasteiger partial charge in [0, 0.05) is 15.5 Å². The summed E-state index contributed by atoms with van der Waals surface area (Å²) in [5.74, 6) is -0.306. The van der Waals surface area contributed by atoms with Crippen molar-refractivity contribution in [3.63, 3.8) is 0 Å². The molecule has 2 aromatic heterocycles. The zero-order chi connectivity index (χ0) is 21.1. The van der Waals surface area contributed by atoms with E-state index in [0.717, 1.165) is 5.56 Å². The van der Waals surface area contributed by atoms with E-state index in [0.29, 0.717) is 28.5 Å². The predicted molar refractivity (Wildman–Crippen MR) is 115 cm³/mol. The molecule has 4 rings (SSSR count). The lowest BCUT2D eigenvalue weighted by atomic mass is 10.1. The average molecular weight is 421 g/mol. The molecule has 0 saturated carbocycles. The predicted octanol–water partition coefficient (Wildman–Crippen LogP) is 4.52. The zero-order valence-corrected chi connectivity index (χ0v) is 17.2. The molecule has 1 amide bonds. The molecule has 0 saturated heterocycles. The van der Waals surface area contributed by atoms with Crippen LogP contribution in [0.5, 0.6) is 0 Å². The highest BCUT2D eigenvalue weighted by Crippen LogP contribution is 2.23. The van der Waals surface area contributed by atoms with Crippen LogP contribution in [0.4, 0.5) is 6.01 Å². The van der Waals surface area contributed by atoms with Crippen LogP contribution in [0.25, 0.3) is 11.0 Å². The Morgan fingerprint density at radius 1 is 1.07 bits per heavy atom. The summed E-state index contributed by atoms with van der Waals surface area (Å²) in [6.07, 6.45) is 0.438. The first-order valence-electron chi connectivity index (χ1n) is 9.40. The van der Waals surface area contributed by atoms with Crippen molar-refractivity contribution in [2.24, 2.45) is 0 Å². The Morgan fingerprint density at radius 3 is 2.60 bits per heavy atom. The van der Waals surface area contributed by atoms with Crippen LogP contribution < -0.4 is 10.9 Å². The maximum absolute atomic E-state index is 12.5. The highest BCUT2D eigenvalue weighted by Gasteiger charge is 2.17. The normalized spacial score (nSPS) is 11.2. The number of thioether (sulfide) groups is 1. The van der Waals surface area contributed by atoms with E-state index in [1.807, 2.05) is 12.1 Å². The molecule has 0 radical (unpaired) electrons. The van der Waals surface area contributed by atoms with Crippen LogP contribution in [-0.4, -0.2) is 21.4 Å². The van der Waals surface area contributed by atoms with Crippen LogP contribution in [0.1, 0.15) is 35.7 Å². The number of hydrogen-bond donors (Lipinski definition) is 1. The van der Waals surface area contributed by atoms with Gasteiger partial charge in [0.2, 0.25) is 5.89 Å². The molecule has 8 heteroatoms. The van der Waals surface area contributed by atoms with E-state index in [1.54, 1.807) is 36.0 Å². The number of amides is 1. The van der Waals surface area contributed by atoms with Gasteiger partial charge in [0.05, 0.1) is 6.42 Å². The number of carbonyl (C=O) groups is 1. The molecule has 2 heterocycles. The summed E-state index contributed by atoms with van der Waals surface area (Å²) in [6.45, 7) is 4.29. The molecule has 0 atom stereocenters. The molecule has 152 valence electrons. The molecular weight excluding hydrogens is 402 g/mol. The molecule has 1 N–H and O–H groups in total. The molecule has 0 aliphatic rings. The van der Waals surface area contributed by atoms with Crippen molar-refractivity contribution >= 4 is 34.7 Å². The first kappa shape index (κ1) is 19.9. The second-order valence-electron chi connectivity index (χ2n) is 6.93. The fourth-order valence-electron chi connectivity index (χ4n) is 2.89. The maximum atomic E-state index is 12.5. The standard InChI is InChI=1S/C22H19N3O4S/c1-13(2)30-16-9-7-14(8-10-16)11-19-24-25-22(29-19)23-20(26)17-12-15-5-3-4-6-18(15)28-21(17)27/h3-10,12-13H,11H2,1-2H3,(H,23,25,26). The second-order valence-corrected chi connectivity index (χ2v) is 8.58. The molecule has 30 heavy (non-hydrogen) atoms. The van der Waals surface area contributed by atoms with E-state index in [4.69, 9.17) is 8.83 Å². The summed E-state index contributed by atoms with van der Waals surface area (Å²) < 4.78 is 10.7. The number of carbonyl (C=O) groups excluding carboxylic acids is 1. The summed E-state index contributed by atoms with van der Waals surface area (Å²) in [6, 6.07) is 16.5. The van der Waals surface area contributed by atoms with Crippen LogP contribution in [0, 0.1) is 0 Å². The molecule has 2 aromatic carbocycles. The average Bonchev–Trinajstić information content (AvgIpc) is 3.15. The van der Waals surface area contributed by atoms with Gasteiger partial charge < -0.3 is 8.83 Å². The quantitative estimate of drug-likeness (QED) is 0.361. The molecular formula is C22H19N3O4S. The Hall–Kier alpha value is -3.39. The van der Waals surface area contributed by atoms with Gasteiger partial charge in [-0.3, -0.25) is 10.1 Å². The van der Waals surface area contributed by atoms with Gasteiger partial charge in [-0.2, -0.15) is 0 Å². The third-order valence-corrected chi connectivity index (χ3v) is 5.24. The lowest BCUT2D eigenvalue weighted by Crippen LogP contribution is -2.20. The number of fused-ring (bicyclic) bond motifs is 1. The third kappa shape index (κ3) is 4.60. The van der Waals surface area contributed by atoms with E-state index in [9.17, 15) is 9.59 Å². The number of anilines is 1. The van der Waals surface area contributed by atoms with E-state index in [2.05, 4.69) is 41.5 Å². The number of rotatable bonds is 6. The molecule has 4 aromatic rings. The minimum absolute atomic E-state index is 0.0745. The Labute approximate surface area is 176 Å². The lowest BCUT2D eigenvalue weighted by molar-refractivity contribution is 0.102. The largest absolute Gasteiger partial charge is 0.422 e. The van der Waals surface area contributed by atoms with Crippen LogP contribution in [0.3, 0.4) is 0 Å². The van der Waals surface area contributed by atoms with Gasteiger partial charge in [-0.25, -0.2) is 4.79 Å². The van der Waals surface area contributed by atoms with Gasteiger partial charge in [0.25, 0.3) is 5.91 Å². The Kier molecular flexibility index (Phi) is 5.67. The molecule has 0 unspecified atom stereocenters. The summed E-state index contributed by atoms with van der Waals surface area (Å²) in [5, 5.41) is 11.4. The molecule has 0 aliphatic carbocycles. The highest BCUT2D eigenvalue weighted by atomic mass is 32.2. The lowest BCUT2D eigenvalue weighted by Gasteiger charge is -2.05. The summed E-state index contributed by atoms with van der Waals surface area (Å²) in [4.78, 5) is 25.8. The number of nitrogens with zero attached hydrogens (tertiary/aromatic N) is 2. The van der Waals surface area contributed by atoms with Gasteiger partial charge in [0.15, 0.2) is 0 Å². The molecule has 0 spiro atoms. The molecule has 0 bridgehead atoms. The highest BCUT2D eigenvalue weighted by molar-refractivity contribution is 7.99. The number of nitrogens with one attached hydrogen (secondary N) is 1. The summed E-state index contributed by atoms with van der Waals surface area (Å²) >= 11 is 1.79. The second kappa shape index (κ2) is 8.54. The minimum atomic E-state index is -0.731. The minimum Gasteiger partial charge on any atom is -0.422 e. The SMILES string of the molecule is CC(C)Sc1ccc(Cc2nnc(NC(=O)c3cc4ccccc4oc3=O)o2)cc1. The molecule has 7 nitrogen and oxygen atoms in total. The summed E-state index contributed by atoms with van der Waals surface area (Å²) in [5.41, 5.74) is 0.564. The molecule has 0 aliphatic heterocycles. The number of hydrogen-bond acceptors (Lipinski definition) is 7.